The number of nitrogens with zero attached hydrogens (tertiary/aromatic N) is 3. The maximum atomic E-state index is 12.1. The molecular formula is C22H29N5O4S. The number of rotatable bonds is 6. The lowest BCUT2D eigenvalue weighted by molar-refractivity contribution is -0.127. The van der Waals surface area contributed by atoms with Crippen LogP contribution in [0.3, 0.4) is 0 Å². The van der Waals surface area contributed by atoms with Crippen molar-refractivity contribution in [2.24, 2.45) is 8.80 Å². The van der Waals surface area contributed by atoms with E-state index in [1.165, 1.54) is 4.90 Å². The maximum Gasteiger partial charge on any atom is 0.269 e. The van der Waals surface area contributed by atoms with Crippen LogP contribution in [0.2, 0.25) is 0 Å². The van der Waals surface area contributed by atoms with Crippen LogP contribution in [0.4, 0.5) is 0 Å². The Bertz CT molecular complexity index is 1080. The van der Waals surface area contributed by atoms with E-state index < -0.39 is 11.2 Å². The topological polar surface area (TPSA) is 120 Å². The lowest BCUT2D eigenvalue weighted by atomic mass is 10.0. The number of carbonyl (C=O) groups excluding carboxylic acids is 1. The van der Waals surface area contributed by atoms with Crippen molar-refractivity contribution in [2.45, 2.75) is 46.1 Å². The zero-order chi connectivity index (χ0) is 23.4. The van der Waals surface area contributed by atoms with Gasteiger partial charge in [0.2, 0.25) is 5.91 Å². The Kier molecular flexibility index (Phi) is 7.34. The van der Waals surface area contributed by atoms with Crippen LogP contribution in [0.1, 0.15) is 50.9 Å². The molecule has 10 heteroatoms. The minimum absolute atomic E-state index is 0.0940. The van der Waals surface area contributed by atoms with Gasteiger partial charge in [-0.2, -0.15) is 0 Å². The van der Waals surface area contributed by atoms with Gasteiger partial charge >= 0.3 is 0 Å². The summed E-state index contributed by atoms with van der Waals surface area (Å²) in [6, 6.07) is 1.97. The van der Waals surface area contributed by atoms with E-state index >= 15 is 0 Å². The predicted molar refractivity (Wildman–Crippen MR) is 125 cm³/mol. The van der Waals surface area contributed by atoms with Crippen LogP contribution in [0.25, 0.3) is 0 Å². The summed E-state index contributed by atoms with van der Waals surface area (Å²) in [5.74, 6) is 1.77. The highest BCUT2D eigenvalue weighted by molar-refractivity contribution is 7.83. The van der Waals surface area contributed by atoms with Gasteiger partial charge in [-0.05, 0) is 36.1 Å². The molecule has 0 fully saturated rings. The van der Waals surface area contributed by atoms with Crippen molar-refractivity contribution in [1.82, 2.24) is 15.5 Å². The van der Waals surface area contributed by atoms with Crippen molar-refractivity contribution in [3.8, 4) is 0 Å². The number of nitrogens with one attached hydrogen (secondary N) is 2. The molecule has 1 aromatic rings. The van der Waals surface area contributed by atoms with Crippen LogP contribution in [0.5, 0.6) is 0 Å². The number of aliphatic hydroxyl groups excluding tert-OH is 1. The maximum absolute atomic E-state index is 12.1. The fourth-order valence-corrected chi connectivity index (χ4v) is 3.75. The standard InChI is InChI=1S/C22H29N5O4S/c1-13(2)15-8-17(31-12-15)11-23-21-22(26-32(30)25-21)24-16-7-6-14(3)18(19(28)9-16)10-20(29)27(4)5/h6-8,12-13,28H,9-11H2,1-5H3,(H,23,25)(H,24,26). The summed E-state index contributed by atoms with van der Waals surface area (Å²) in [4.78, 5) is 13.6. The number of aliphatic hydroxyl groups is 1. The monoisotopic (exact) mass is 459 g/mol. The molecule has 0 radical (unpaired) electrons. The number of hydrogen-bond donors (Lipinski definition) is 3. The van der Waals surface area contributed by atoms with E-state index in [9.17, 15) is 14.1 Å². The minimum Gasteiger partial charge on any atom is -0.512 e. The fraction of sp³-hybridized carbons (Fsp3) is 0.409. The summed E-state index contributed by atoms with van der Waals surface area (Å²) in [5.41, 5.74) is 3.14. The molecule has 2 heterocycles. The Hall–Kier alpha value is -3.14. The molecule has 1 atom stereocenters. The molecular weight excluding hydrogens is 430 g/mol. The number of amides is 1. The average molecular weight is 460 g/mol. The molecule has 172 valence electrons. The predicted octanol–water partition coefficient (Wildman–Crippen LogP) is 3.00. The molecule has 1 amide bonds. The smallest absolute Gasteiger partial charge is 0.269 e. The molecule has 0 aromatic carbocycles. The Morgan fingerprint density at radius 3 is 2.66 bits per heavy atom. The van der Waals surface area contributed by atoms with Crippen molar-refractivity contribution in [2.75, 3.05) is 14.1 Å². The highest BCUT2D eigenvalue weighted by Crippen LogP contribution is 2.25. The lowest BCUT2D eigenvalue weighted by Gasteiger charge is -2.15. The highest BCUT2D eigenvalue weighted by atomic mass is 32.2. The van der Waals surface area contributed by atoms with E-state index in [4.69, 9.17) is 4.42 Å². The van der Waals surface area contributed by atoms with Gasteiger partial charge in [0, 0.05) is 31.8 Å². The van der Waals surface area contributed by atoms with Gasteiger partial charge in [0.15, 0.2) is 11.7 Å². The van der Waals surface area contributed by atoms with E-state index in [0.29, 0.717) is 35.4 Å². The summed E-state index contributed by atoms with van der Waals surface area (Å²) >= 11 is -1.73. The molecule has 32 heavy (non-hydrogen) atoms. The zero-order valence-electron chi connectivity index (χ0n) is 18.9. The summed E-state index contributed by atoms with van der Waals surface area (Å²) in [5, 5.41) is 16.9. The molecule has 1 aromatic heterocycles. The number of carbonyl (C=O) groups is 1. The molecule has 0 saturated heterocycles. The molecule has 3 rings (SSSR count). The second-order valence-corrected chi connectivity index (χ2v) is 9.03. The first-order chi connectivity index (χ1) is 15.1. The molecule has 0 saturated carbocycles. The van der Waals surface area contributed by atoms with Crippen molar-refractivity contribution in [3.63, 3.8) is 0 Å². The van der Waals surface area contributed by atoms with Crippen LogP contribution >= 0.6 is 0 Å². The molecule has 2 aliphatic rings. The molecule has 0 spiro atoms. The van der Waals surface area contributed by atoms with Crippen LogP contribution < -0.4 is 10.6 Å². The van der Waals surface area contributed by atoms with Gasteiger partial charge in [0.05, 0.1) is 19.2 Å². The number of hydrogen-bond acceptors (Lipinski definition) is 6. The highest BCUT2D eigenvalue weighted by Gasteiger charge is 2.23. The van der Waals surface area contributed by atoms with Gasteiger partial charge < -0.3 is 25.1 Å². The normalized spacial score (nSPS) is 18.6. The largest absolute Gasteiger partial charge is 0.512 e. The fourth-order valence-electron chi connectivity index (χ4n) is 3.11. The second-order valence-electron chi connectivity index (χ2n) is 8.20. The first-order valence-electron chi connectivity index (χ1n) is 10.3. The quantitative estimate of drug-likeness (QED) is 0.602. The van der Waals surface area contributed by atoms with Gasteiger partial charge in [-0.15, -0.1) is 8.80 Å². The average Bonchev–Trinajstić information content (AvgIpc) is 3.31. The molecule has 3 N–H and O–H groups in total. The van der Waals surface area contributed by atoms with Gasteiger partial charge in [0.1, 0.15) is 11.5 Å². The van der Waals surface area contributed by atoms with Crippen LogP contribution in [-0.2, 0) is 22.5 Å². The van der Waals surface area contributed by atoms with E-state index in [0.717, 1.165) is 16.9 Å². The zero-order valence-corrected chi connectivity index (χ0v) is 19.7. The van der Waals surface area contributed by atoms with Crippen molar-refractivity contribution >= 4 is 28.8 Å². The summed E-state index contributed by atoms with van der Waals surface area (Å²) in [7, 11) is 3.36. The first kappa shape index (κ1) is 23.5. The summed E-state index contributed by atoms with van der Waals surface area (Å²) in [6.45, 7) is 6.38. The van der Waals surface area contributed by atoms with Gasteiger partial charge in [-0.1, -0.05) is 19.9 Å². The van der Waals surface area contributed by atoms with Crippen molar-refractivity contribution in [3.05, 3.63) is 58.4 Å². The number of amidine groups is 2. The van der Waals surface area contributed by atoms with Crippen molar-refractivity contribution < 1.29 is 18.5 Å². The first-order valence-corrected chi connectivity index (χ1v) is 11.4. The van der Waals surface area contributed by atoms with Crippen molar-refractivity contribution in [1.29, 1.82) is 0 Å². The van der Waals surface area contributed by atoms with E-state index in [-0.39, 0.29) is 24.5 Å². The number of allylic oxidation sites excluding steroid dienone is 3. The SMILES string of the molecule is CC1=CC=C(NC2=NS(=O)N=C2NCc2cc(C(C)C)co2)CC(O)=C1CC(=O)N(C)C. The van der Waals surface area contributed by atoms with Crippen LogP contribution in [-0.4, -0.2) is 45.9 Å². The summed E-state index contributed by atoms with van der Waals surface area (Å²) in [6.07, 6.45) is 5.66. The molecule has 1 aliphatic carbocycles. The lowest BCUT2D eigenvalue weighted by Crippen LogP contribution is -2.37. The molecule has 9 nitrogen and oxygen atoms in total. The van der Waals surface area contributed by atoms with Gasteiger partial charge in [-0.3, -0.25) is 4.79 Å². The van der Waals surface area contributed by atoms with E-state index in [1.807, 2.05) is 25.1 Å². The second kappa shape index (κ2) is 9.99. The van der Waals surface area contributed by atoms with E-state index in [2.05, 4.69) is 33.3 Å². The van der Waals surface area contributed by atoms with Gasteiger partial charge in [0.25, 0.3) is 11.2 Å². The Morgan fingerprint density at radius 1 is 1.28 bits per heavy atom. The van der Waals surface area contributed by atoms with E-state index in [1.54, 1.807) is 20.4 Å². The Morgan fingerprint density at radius 2 is 2.00 bits per heavy atom. The minimum atomic E-state index is -1.73. The Labute approximate surface area is 190 Å². The third-order valence-corrected chi connectivity index (χ3v) is 5.83. The third-order valence-electron chi connectivity index (χ3n) is 5.16. The Balaban J connectivity index is 1.68. The van der Waals surface area contributed by atoms with Crippen LogP contribution in [0.15, 0.2) is 60.3 Å². The van der Waals surface area contributed by atoms with Gasteiger partial charge in [-0.25, -0.2) is 4.21 Å². The molecule has 1 aliphatic heterocycles. The molecule has 0 bridgehead atoms. The number of furan rings is 1. The third kappa shape index (κ3) is 5.76. The van der Waals surface area contributed by atoms with Crippen LogP contribution in [0, 0.1) is 0 Å². The molecule has 1 unspecified atom stereocenters. The summed E-state index contributed by atoms with van der Waals surface area (Å²) < 4.78 is 25.6.